The average molecular weight is 771 g/mol. The predicted molar refractivity (Wildman–Crippen MR) is 202 cm³/mol. The predicted octanol–water partition coefficient (Wildman–Crippen LogP) is -3.28. The van der Waals surface area contributed by atoms with Crippen LogP contribution in [0.1, 0.15) is 48.5 Å². The van der Waals surface area contributed by atoms with Gasteiger partial charge in [-0.2, -0.15) is 0 Å². The second kappa shape index (κ2) is 23.5. The molecule has 0 saturated carbocycles. The Morgan fingerprint density at radius 1 is 0.709 bits per heavy atom. The van der Waals surface area contributed by atoms with Gasteiger partial charge in [-0.3, -0.25) is 33.6 Å². The molecule has 0 spiro atoms. The average Bonchev–Trinajstić information content (AvgIpc) is 3.16. The zero-order valence-electron chi connectivity index (χ0n) is 31.3. The lowest BCUT2D eigenvalue weighted by molar-refractivity contribution is -0.140. The lowest BCUT2D eigenvalue weighted by atomic mass is 10.0. The van der Waals surface area contributed by atoms with Gasteiger partial charge in [-0.05, 0) is 69.3 Å². The summed E-state index contributed by atoms with van der Waals surface area (Å²) >= 11 is 0. The van der Waals surface area contributed by atoms with Crippen molar-refractivity contribution in [1.82, 2.24) is 31.9 Å². The van der Waals surface area contributed by atoms with E-state index in [1.807, 2.05) is 31.2 Å². The van der Waals surface area contributed by atoms with Crippen LogP contribution in [-0.2, 0) is 33.5 Å². The summed E-state index contributed by atoms with van der Waals surface area (Å²) in [5.74, 6) is -6.71. The van der Waals surface area contributed by atoms with Gasteiger partial charge in [0.2, 0.25) is 17.7 Å². The Morgan fingerprint density at radius 3 is 1.85 bits per heavy atom. The van der Waals surface area contributed by atoms with E-state index in [0.29, 0.717) is 25.9 Å². The van der Waals surface area contributed by atoms with Crippen molar-refractivity contribution in [3.8, 4) is 11.1 Å². The van der Waals surface area contributed by atoms with Crippen molar-refractivity contribution in [2.45, 2.75) is 76.1 Å². The van der Waals surface area contributed by atoms with Gasteiger partial charge in [0.05, 0.1) is 6.10 Å². The number of amides is 6. The van der Waals surface area contributed by atoms with Crippen molar-refractivity contribution in [2.75, 3.05) is 33.4 Å². The highest BCUT2D eigenvalue weighted by molar-refractivity contribution is 6.38. The van der Waals surface area contributed by atoms with Crippen LogP contribution >= 0.6 is 0 Å². The van der Waals surface area contributed by atoms with Crippen LogP contribution in [0.3, 0.4) is 0 Å². The van der Waals surface area contributed by atoms with Gasteiger partial charge in [-0.15, -0.1) is 0 Å². The number of nitrogens with two attached hydrogens (primary N) is 4. The first kappa shape index (κ1) is 45.8. The van der Waals surface area contributed by atoms with Crippen molar-refractivity contribution in [2.24, 2.45) is 22.9 Å². The van der Waals surface area contributed by atoms with Gasteiger partial charge in [0, 0.05) is 32.4 Å². The first-order valence-electron chi connectivity index (χ1n) is 17.7. The fourth-order valence-electron chi connectivity index (χ4n) is 4.99. The lowest BCUT2D eigenvalue weighted by Crippen LogP contribution is -2.63. The number of hydrogen-bond acceptors (Lipinski definition) is 13. The van der Waals surface area contributed by atoms with E-state index in [1.54, 1.807) is 24.3 Å². The van der Waals surface area contributed by atoms with E-state index < -0.39 is 77.8 Å². The summed E-state index contributed by atoms with van der Waals surface area (Å²) < 4.78 is 4.87. The standard InChI is InChI=1S/C36H54N10O9/c1-20-8-10-22(11-9-20)23-12-14-24(15-13-23)31(49)43-26(19-38)33(51)44-27(21(2)47)34(52)46-30(40)36(54)42-25(7-4-5-16-37)32(50)45-29(39)28(48)35(53)41-17-6-18-55-3/h8-15,21,25-27,29-30,47H,4-7,16-19,37-40H2,1-3H3,(H,41,53)(H,42,54)(H,43,49)(H,44,51)(H,45,50)(H,46,52). The molecule has 0 aromatic heterocycles. The molecule has 2 aromatic rings. The molecule has 6 atom stereocenters. The summed E-state index contributed by atoms with van der Waals surface area (Å²) in [6, 6.07) is 10.2. The number of nitrogens with one attached hydrogen (secondary N) is 6. The molecular formula is C36H54N10O9. The number of ether oxygens (including phenoxy) is 1. The summed E-state index contributed by atoms with van der Waals surface area (Å²) in [6.07, 6.45) is -3.75. The fourth-order valence-corrected chi connectivity index (χ4v) is 4.99. The molecule has 0 heterocycles. The molecule has 0 bridgehead atoms. The number of methoxy groups -OCH3 is 1. The Kier molecular flexibility index (Phi) is 19.6. The lowest BCUT2D eigenvalue weighted by Gasteiger charge is -2.26. The van der Waals surface area contributed by atoms with Crippen molar-refractivity contribution in [1.29, 1.82) is 0 Å². The maximum Gasteiger partial charge on any atom is 0.291 e. The van der Waals surface area contributed by atoms with Crippen LogP contribution < -0.4 is 54.8 Å². The van der Waals surface area contributed by atoms with Crippen LogP contribution in [0.4, 0.5) is 0 Å². The molecule has 0 fully saturated rings. The largest absolute Gasteiger partial charge is 0.391 e. The number of benzene rings is 2. The molecule has 15 N–H and O–H groups in total. The molecule has 0 aliphatic rings. The van der Waals surface area contributed by atoms with E-state index in [4.69, 9.17) is 27.7 Å². The zero-order chi connectivity index (χ0) is 41.1. The van der Waals surface area contributed by atoms with Crippen LogP contribution in [0.5, 0.6) is 0 Å². The van der Waals surface area contributed by atoms with Gasteiger partial charge in [0.25, 0.3) is 23.5 Å². The summed E-state index contributed by atoms with van der Waals surface area (Å²) in [5, 5.41) is 24.2. The maximum atomic E-state index is 13.1. The van der Waals surface area contributed by atoms with Crippen molar-refractivity contribution in [3.05, 3.63) is 59.7 Å². The first-order valence-corrected chi connectivity index (χ1v) is 17.7. The molecular weight excluding hydrogens is 716 g/mol. The third kappa shape index (κ3) is 15.2. The van der Waals surface area contributed by atoms with E-state index >= 15 is 0 Å². The molecule has 302 valence electrons. The van der Waals surface area contributed by atoms with E-state index in [1.165, 1.54) is 14.0 Å². The molecule has 2 rings (SSSR count). The van der Waals surface area contributed by atoms with Gasteiger partial charge in [-0.1, -0.05) is 42.0 Å². The zero-order valence-corrected chi connectivity index (χ0v) is 31.3. The number of carbonyl (C=O) groups is 7. The minimum Gasteiger partial charge on any atom is -0.391 e. The minimum absolute atomic E-state index is 0.0228. The van der Waals surface area contributed by atoms with E-state index in [9.17, 15) is 38.7 Å². The molecule has 0 aliphatic carbocycles. The van der Waals surface area contributed by atoms with Crippen LogP contribution in [0.2, 0.25) is 0 Å². The van der Waals surface area contributed by atoms with Gasteiger partial charge in [0.1, 0.15) is 24.3 Å². The number of aryl methyl sites for hydroxylation is 1. The number of unbranched alkanes of at least 4 members (excludes halogenated alkanes) is 1. The Labute approximate surface area is 319 Å². The minimum atomic E-state index is -1.79. The van der Waals surface area contributed by atoms with Crippen molar-refractivity contribution < 1.29 is 43.4 Å². The number of carbonyl (C=O) groups excluding carboxylic acids is 7. The van der Waals surface area contributed by atoms with Crippen LogP contribution in [-0.4, -0.2) is 116 Å². The monoisotopic (exact) mass is 770 g/mol. The van der Waals surface area contributed by atoms with Crippen LogP contribution in [0.25, 0.3) is 11.1 Å². The number of ketones is 1. The highest BCUT2D eigenvalue weighted by atomic mass is 16.5. The fraction of sp³-hybridized carbons (Fsp3) is 0.472. The number of aliphatic hydroxyl groups excluding tert-OH is 1. The van der Waals surface area contributed by atoms with Gasteiger partial charge >= 0.3 is 0 Å². The molecule has 0 aliphatic heterocycles. The number of aliphatic hydroxyl groups is 1. The molecule has 0 saturated heterocycles. The highest BCUT2D eigenvalue weighted by Crippen LogP contribution is 2.20. The van der Waals surface area contributed by atoms with Crippen molar-refractivity contribution >= 4 is 41.2 Å². The van der Waals surface area contributed by atoms with Gasteiger partial charge < -0.3 is 64.7 Å². The van der Waals surface area contributed by atoms with Gasteiger partial charge in [-0.25, -0.2) is 0 Å². The van der Waals surface area contributed by atoms with E-state index in [2.05, 4.69) is 31.9 Å². The summed E-state index contributed by atoms with van der Waals surface area (Å²) in [6.45, 7) is 3.57. The van der Waals surface area contributed by atoms with E-state index in [-0.39, 0.29) is 31.6 Å². The summed E-state index contributed by atoms with van der Waals surface area (Å²) in [4.78, 5) is 89.8. The topological polar surface area (TPSA) is 325 Å². The third-order valence-corrected chi connectivity index (χ3v) is 8.23. The SMILES string of the molecule is COCCCNC(=O)C(=O)C(N)NC(=O)C(CCCCN)NC(=O)C(N)NC(=O)C(NC(=O)C(CN)NC(=O)c1ccc(-c2ccc(C)cc2)cc1)C(C)O. The highest BCUT2D eigenvalue weighted by Gasteiger charge is 2.33. The molecule has 19 nitrogen and oxygen atoms in total. The smallest absolute Gasteiger partial charge is 0.291 e. The first-order chi connectivity index (χ1) is 26.1. The molecule has 6 amide bonds. The molecule has 2 aromatic carbocycles. The third-order valence-electron chi connectivity index (χ3n) is 8.23. The summed E-state index contributed by atoms with van der Waals surface area (Å²) in [5.41, 5.74) is 26.1. The van der Waals surface area contributed by atoms with Crippen LogP contribution in [0.15, 0.2) is 48.5 Å². The normalized spacial score (nSPS) is 14.2. The Hall–Kier alpha value is -5.31. The van der Waals surface area contributed by atoms with Crippen molar-refractivity contribution in [3.63, 3.8) is 0 Å². The Balaban J connectivity index is 2.02. The number of Topliss-reactive ketones (excluding diaryl/α,β-unsaturated/α-hetero) is 1. The Morgan fingerprint density at radius 2 is 1.29 bits per heavy atom. The second-order valence-electron chi connectivity index (χ2n) is 12.7. The maximum absolute atomic E-state index is 13.1. The second-order valence-corrected chi connectivity index (χ2v) is 12.7. The molecule has 6 unspecified atom stereocenters. The summed E-state index contributed by atoms with van der Waals surface area (Å²) in [7, 11) is 1.48. The molecule has 19 heteroatoms. The van der Waals surface area contributed by atoms with Crippen LogP contribution in [0, 0.1) is 6.92 Å². The van der Waals surface area contributed by atoms with E-state index in [0.717, 1.165) is 16.7 Å². The molecule has 55 heavy (non-hydrogen) atoms. The molecule has 0 radical (unpaired) electrons. The number of rotatable bonds is 23. The quantitative estimate of drug-likeness (QED) is 0.0301. The Bertz CT molecular complexity index is 1610. The number of hydrogen-bond donors (Lipinski definition) is 11. The van der Waals surface area contributed by atoms with Gasteiger partial charge in [0.15, 0.2) is 6.17 Å².